The first-order valence-corrected chi connectivity index (χ1v) is 10.7. The Bertz CT molecular complexity index is 1080. The van der Waals surface area contributed by atoms with Crippen LogP contribution < -0.4 is 10.6 Å². The van der Waals surface area contributed by atoms with Crippen molar-refractivity contribution in [3.63, 3.8) is 0 Å². The zero-order valence-electron chi connectivity index (χ0n) is 17.8. The SMILES string of the molecule is CC(C)(C)c1ccc(C2CC3(C(=O)Nc4ccccc43)C(c3ccccc3)N2)cc1. The number of nitrogens with one attached hydrogen (secondary N) is 2. The maximum atomic E-state index is 13.5. The second-order valence-electron chi connectivity index (χ2n) is 9.61. The van der Waals surface area contributed by atoms with Crippen LogP contribution in [0, 0.1) is 0 Å². The van der Waals surface area contributed by atoms with Gasteiger partial charge >= 0.3 is 0 Å². The van der Waals surface area contributed by atoms with Gasteiger partial charge in [0.2, 0.25) is 5.91 Å². The minimum Gasteiger partial charge on any atom is -0.325 e. The normalized spacial score (nSPS) is 25.4. The molecule has 5 rings (SSSR count). The standard InChI is InChI=1S/C27H28N2O/c1-26(2,3)20-15-13-18(14-16-20)23-17-27(24(28-23)19-9-5-4-6-10-19)21-11-7-8-12-22(21)29-25(27)30/h4-16,23-24,28H,17H2,1-3H3,(H,29,30). The predicted molar refractivity (Wildman–Crippen MR) is 122 cm³/mol. The minimum atomic E-state index is -0.606. The lowest BCUT2D eigenvalue weighted by Crippen LogP contribution is -2.39. The van der Waals surface area contributed by atoms with Crippen LogP contribution in [0.1, 0.15) is 61.5 Å². The Hall–Kier alpha value is -2.91. The molecule has 2 N–H and O–H groups in total. The average Bonchev–Trinajstić information content (AvgIpc) is 3.28. The van der Waals surface area contributed by atoms with Crippen LogP contribution in [0.5, 0.6) is 0 Å². The molecule has 152 valence electrons. The van der Waals surface area contributed by atoms with Gasteiger partial charge in [0.05, 0.1) is 11.5 Å². The zero-order chi connectivity index (χ0) is 20.9. The Balaban J connectivity index is 1.59. The van der Waals surface area contributed by atoms with Gasteiger partial charge in [-0.05, 0) is 40.2 Å². The summed E-state index contributed by atoms with van der Waals surface area (Å²) in [5.41, 5.74) is 5.27. The maximum absolute atomic E-state index is 13.5. The predicted octanol–water partition coefficient (Wildman–Crippen LogP) is 5.65. The molecule has 0 aromatic heterocycles. The number of para-hydroxylation sites is 1. The lowest BCUT2D eigenvalue weighted by molar-refractivity contribution is -0.121. The summed E-state index contributed by atoms with van der Waals surface area (Å²) in [5.74, 6) is 0.0962. The van der Waals surface area contributed by atoms with Gasteiger partial charge in [0.1, 0.15) is 0 Å². The molecule has 1 spiro atoms. The van der Waals surface area contributed by atoms with E-state index in [9.17, 15) is 4.79 Å². The summed E-state index contributed by atoms with van der Waals surface area (Å²) in [6, 6.07) is 27.4. The van der Waals surface area contributed by atoms with Crippen LogP contribution in [-0.2, 0) is 15.6 Å². The number of benzene rings is 3. The third kappa shape index (κ3) is 2.88. The van der Waals surface area contributed by atoms with E-state index in [1.165, 1.54) is 11.1 Å². The Kier molecular flexibility index (Phi) is 4.33. The van der Waals surface area contributed by atoms with E-state index in [4.69, 9.17) is 0 Å². The molecule has 30 heavy (non-hydrogen) atoms. The Morgan fingerprint density at radius 2 is 1.50 bits per heavy atom. The maximum Gasteiger partial charge on any atom is 0.237 e. The number of rotatable bonds is 2. The van der Waals surface area contributed by atoms with Crippen LogP contribution in [-0.4, -0.2) is 5.91 Å². The van der Waals surface area contributed by atoms with Crippen LogP contribution in [0.3, 0.4) is 0 Å². The van der Waals surface area contributed by atoms with Crippen molar-refractivity contribution in [3.8, 4) is 0 Å². The number of hydrogen-bond acceptors (Lipinski definition) is 2. The summed E-state index contributed by atoms with van der Waals surface area (Å²) in [6.45, 7) is 6.70. The summed E-state index contributed by atoms with van der Waals surface area (Å²) in [5, 5.41) is 6.98. The second kappa shape index (κ2) is 6.82. The lowest BCUT2D eigenvalue weighted by atomic mass is 9.72. The van der Waals surface area contributed by atoms with Crippen molar-refractivity contribution in [2.75, 3.05) is 5.32 Å². The topological polar surface area (TPSA) is 41.1 Å². The molecule has 1 fully saturated rings. The zero-order valence-corrected chi connectivity index (χ0v) is 17.8. The van der Waals surface area contributed by atoms with E-state index in [2.05, 4.69) is 86.0 Å². The van der Waals surface area contributed by atoms with Gasteiger partial charge in [-0.3, -0.25) is 4.79 Å². The number of carbonyl (C=O) groups is 1. The molecule has 2 heterocycles. The Labute approximate surface area is 178 Å². The summed E-state index contributed by atoms with van der Waals surface area (Å²) in [7, 11) is 0. The first kappa shape index (κ1) is 19.1. The molecule has 3 nitrogen and oxygen atoms in total. The largest absolute Gasteiger partial charge is 0.325 e. The summed E-state index contributed by atoms with van der Waals surface area (Å²) in [4.78, 5) is 13.5. The number of hydrogen-bond donors (Lipinski definition) is 2. The molecule has 0 saturated carbocycles. The molecule has 3 aromatic carbocycles. The van der Waals surface area contributed by atoms with Crippen molar-refractivity contribution in [2.24, 2.45) is 0 Å². The highest BCUT2D eigenvalue weighted by atomic mass is 16.2. The van der Waals surface area contributed by atoms with Crippen LogP contribution in [0.15, 0.2) is 78.9 Å². The van der Waals surface area contributed by atoms with E-state index in [1.54, 1.807) is 0 Å². The van der Waals surface area contributed by atoms with Crippen molar-refractivity contribution in [1.29, 1.82) is 0 Å². The van der Waals surface area contributed by atoms with Crippen LogP contribution in [0.2, 0.25) is 0 Å². The Morgan fingerprint density at radius 3 is 2.20 bits per heavy atom. The molecule has 0 aliphatic carbocycles. The highest BCUT2D eigenvalue weighted by Crippen LogP contribution is 2.55. The van der Waals surface area contributed by atoms with E-state index >= 15 is 0 Å². The quantitative estimate of drug-likeness (QED) is 0.588. The number of carbonyl (C=O) groups excluding carboxylic acids is 1. The second-order valence-corrected chi connectivity index (χ2v) is 9.61. The molecule has 3 atom stereocenters. The Morgan fingerprint density at radius 1 is 0.833 bits per heavy atom. The molecule has 2 aliphatic rings. The molecule has 2 aliphatic heterocycles. The minimum absolute atomic E-state index is 0.0744. The van der Waals surface area contributed by atoms with Gasteiger partial charge < -0.3 is 10.6 Å². The summed E-state index contributed by atoms with van der Waals surface area (Å²) in [6.07, 6.45) is 0.740. The van der Waals surface area contributed by atoms with Crippen molar-refractivity contribution in [2.45, 2.75) is 50.1 Å². The van der Waals surface area contributed by atoms with Crippen LogP contribution in [0.25, 0.3) is 0 Å². The molecule has 1 saturated heterocycles. The first-order chi connectivity index (χ1) is 14.4. The fraction of sp³-hybridized carbons (Fsp3) is 0.296. The first-order valence-electron chi connectivity index (χ1n) is 10.7. The van der Waals surface area contributed by atoms with Crippen molar-refractivity contribution in [3.05, 3.63) is 101 Å². The fourth-order valence-corrected chi connectivity index (χ4v) is 5.12. The lowest BCUT2D eigenvalue weighted by Gasteiger charge is -2.29. The molecule has 0 radical (unpaired) electrons. The molecule has 0 bridgehead atoms. The van der Waals surface area contributed by atoms with Gasteiger partial charge in [-0.25, -0.2) is 0 Å². The van der Waals surface area contributed by atoms with Crippen LogP contribution in [0.4, 0.5) is 5.69 Å². The van der Waals surface area contributed by atoms with Gasteiger partial charge in [-0.2, -0.15) is 0 Å². The van der Waals surface area contributed by atoms with Crippen molar-refractivity contribution < 1.29 is 4.79 Å². The van der Waals surface area contributed by atoms with E-state index < -0.39 is 5.41 Å². The van der Waals surface area contributed by atoms with Gasteiger partial charge in [0.15, 0.2) is 0 Å². The van der Waals surface area contributed by atoms with E-state index in [1.807, 2.05) is 24.3 Å². The van der Waals surface area contributed by atoms with E-state index in [0.717, 1.165) is 23.2 Å². The molecule has 3 heteroatoms. The van der Waals surface area contributed by atoms with Gasteiger partial charge in [-0.1, -0.05) is 93.6 Å². The van der Waals surface area contributed by atoms with Gasteiger partial charge in [-0.15, -0.1) is 0 Å². The monoisotopic (exact) mass is 396 g/mol. The van der Waals surface area contributed by atoms with E-state index in [0.29, 0.717) is 0 Å². The number of fused-ring (bicyclic) bond motifs is 2. The average molecular weight is 397 g/mol. The molecular weight excluding hydrogens is 368 g/mol. The highest BCUT2D eigenvalue weighted by molar-refractivity contribution is 6.07. The van der Waals surface area contributed by atoms with E-state index in [-0.39, 0.29) is 23.4 Å². The van der Waals surface area contributed by atoms with Gasteiger partial charge in [0, 0.05) is 11.7 Å². The van der Waals surface area contributed by atoms with Gasteiger partial charge in [0.25, 0.3) is 0 Å². The van der Waals surface area contributed by atoms with Crippen molar-refractivity contribution in [1.82, 2.24) is 5.32 Å². The molecule has 1 amide bonds. The smallest absolute Gasteiger partial charge is 0.237 e. The molecular formula is C27H28N2O. The summed E-state index contributed by atoms with van der Waals surface area (Å²) >= 11 is 0. The number of amides is 1. The fourth-order valence-electron chi connectivity index (χ4n) is 5.12. The molecule has 3 aromatic rings. The highest BCUT2D eigenvalue weighted by Gasteiger charge is 2.58. The third-order valence-corrected chi connectivity index (χ3v) is 6.76. The third-order valence-electron chi connectivity index (χ3n) is 6.76. The molecule has 3 unspecified atom stereocenters. The summed E-state index contributed by atoms with van der Waals surface area (Å²) < 4.78 is 0. The van der Waals surface area contributed by atoms with Crippen LogP contribution >= 0.6 is 0 Å². The number of anilines is 1. The van der Waals surface area contributed by atoms with Crippen molar-refractivity contribution >= 4 is 11.6 Å².